The van der Waals surface area contributed by atoms with Crippen LogP contribution >= 0.6 is 0 Å². The molecule has 1 saturated heterocycles. The summed E-state index contributed by atoms with van der Waals surface area (Å²) in [7, 11) is 0. The summed E-state index contributed by atoms with van der Waals surface area (Å²) in [6.07, 6.45) is -0.915. The molecule has 0 amide bonds. The fourth-order valence-corrected chi connectivity index (χ4v) is 3.39. The molecule has 0 aliphatic carbocycles. The Labute approximate surface area is 195 Å². The predicted octanol–water partition coefficient (Wildman–Crippen LogP) is 8.50. The number of ether oxygens (including phenoxy) is 1. The number of anilines is 1. The molecule has 176 valence electrons. The normalized spacial score (nSPS) is 15.6. The number of alkyl halides is 3. The molecule has 0 saturated carbocycles. The molecule has 0 atom stereocenters. The van der Waals surface area contributed by atoms with Crippen LogP contribution in [0.15, 0.2) is 93.3 Å². The number of nitrogens with zero attached hydrogens (tertiary/aromatic N) is 5. The molecule has 1 aliphatic rings. The summed E-state index contributed by atoms with van der Waals surface area (Å²) >= 11 is 0. The van der Waals surface area contributed by atoms with Gasteiger partial charge in [-0.25, -0.2) is 0 Å². The van der Waals surface area contributed by atoms with E-state index < -0.39 is 11.7 Å². The molecule has 0 N–H and O–H groups in total. The second-order valence-electron chi connectivity index (χ2n) is 7.84. The number of hydrogen-bond acceptors (Lipinski definition) is 6. The molecule has 1 heterocycles. The number of hydrogen-bond donors (Lipinski definition) is 0. The van der Waals surface area contributed by atoms with Crippen molar-refractivity contribution in [2.45, 2.75) is 25.4 Å². The fraction of sp³-hybridized carbons (Fsp3) is 0.280. The van der Waals surface area contributed by atoms with Crippen molar-refractivity contribution >= 4 is 28.4 Å². The van der Waals surface area contributed by atoms with Crippen LogP contribution in [0.5, 0.6) is 0 Å². The van der Waals surface area contributed by atoms with Gasteiger partial charge in [-0.1, -0.05) is 0 Å². The first kappa shape index (κ1) is 23.6. The SMILES string of the molecule is FC(F)(F)c1ccc(N=Nc2ccc(N=Nc3ccc(N4CCCCCOC4)cc3)cc2)cc1. The first-order valence-corrected chi connectivity index (χ1v) is 11.0. The second-order valence-corrected chi connectivity index (χ2v) is 7.84. The van der Waals surface area contributed by atoms with Gasteiger partial charge in [-0.2, -0.15) is 33.6 Å². The number of rotatable bonds is 5. The Morgan fingerprint density at radius 1 is 0.618 bits per heavy atom. The lowest BCUT2D eigenvalue weighted by atomic mass is 10.2. The van der Waals surface area contributed by atoms with Crippen LogP contribution in [0.1, 0.15) is 24.8 Å². The van der Waals surface area contributed by atoms with E-state index in [9.17, 15) is 13.2 Å². The highest BCUT2D eigenvalue weighted by Crippen LogP contribution is 2.31. The lowest BCUT2D eigenvalue weighted by molar-refractivity contribution is -0.137. The molecule has 1 aliphatic heterocycles. The van der Waals surface area contributed by atoms with Crippen molar-refractivity contribution in [2.24, 2.45) is 20.5 Å². The lowest BCUT2D eigenvalue weighted by Gasteiger charge is -2.26. The summed E-state index contributed by atoms with van der Waals surface area (Å²) in [5.41, 5.74) is 2.66. The van der Waals surface area contributed by atoms with Gasteiger partial charge in [0.05, 0.1) is 28.3 Å². The minimum absolute atomic E-state index is 0.336. The van der Waals surface area contributed by atoms with E-state index in [1.807, 2.05) is 24.3 Å². The van der Waals surface area contributed by atoms with Crippen LogP contribution in [0.3, 0.4) is 0 Å². The third-order valence-electron chi connectivity index (χ3n) is 5.28. The van der Waals surface area contributed by atoms with Crippen LogP contribution in [-0.2, 0) is 10.9 Å². The molecule has 9 heteroatoms. The van der Waals surface area contributed by atoms with Crippen LogP contribution in [0.4, 0.5) is 41.6 Å². The van der Waals surface area contributed by atoms with E-state index in [0.29, 0.717) is 23.8 Å². The quantitative estimate of drug-likeness (QED) is 0.353. The first-order valence-electron chi connectivity index (χ1n) is 11.0. The maximum absolute atomic E-state index is 12.6. The van der Waals surface area contributed by atoms with Crippen LogP contribution in [0.25, 0.3) is 0 Å². The topological polar surface area (TPSA) is 61.9 Å². The summed E-state index contributed by atoms with van der Waals surface area (Å²) in [6.45, 7) is 2.38. The Bertz CT molecular complexity index is 1100. The molecular formula is C25H24F3N5O. The molecule has 4 rings (SSSR count). The van der Waals surface area contributed by atoms with Crippen LogP contribution in [0, 0.1) is 0 Å². The second kappa shape index (κ2) is 11.0. The summed E-state index contributed by atoms with van der Waals surface area (Å²) in [5.74, 6) is 0. The first-order chi connectivity index (χ1) is 16.5. The standard InChI is InChI=1S/C25H24F3N5O/c26-25(27,28)19-4-6-20(7-5-19)29-30-21-8-10-22(11-9-21)31-32-23-12-14-24(15-13-23)33-16-2-1-3-17-34-18-33/h4-15H,1-3,16-18H2. The van der Waals surface area contributed by atoms with Gasteiger partial charge in [0, 0.05) is 18.8 Å². The zero-order chi connectivity index (χ0) is 23.8. The van der Waals surface area contributed by atoms with E-state index in [2.05, 4.69) is 25.4 Å². The van der Waals surface area contributed by atoms with E-state index >= 15 is 0 Å². The van der Waals surface area contributed by atoms with Crippen molar-refractivity contribution in [1.82, 2.24) is 0 Å². The monoisotopic (exact) mass is 467 g/mol. The van der Waals surface area contributed by atoms with E-state index in [-0.39, 0.29) is 0 Å². The van der Waals surface area contributed by atoms with Gasteiger partial charge in [0.1, 0.15) is 6.73 Å². The maximum Gasteiger partial charge on any atom is 0.416 e. The van der Waals surface area contributed by atoms with Crippen LogP contribution in [-0.4, -0.2) is 19.9 Å². The molecule has 6 nitrogen and oxygen atoms in total. The number of halogens is 3. The fourth-order valence-electron chi connectivity index (χ4n) is 3.39. The summed E-state index contributed by atoms with van der Waals surface area (Å²) in [6, 6.07) is 19.3. The summed E-state index contributed by atoms with van der Waals surface area (Å²) in [5, 5.41) is 16.5. The zero-order valence-electron chi connectivity index (χ0n) is 18.4. The molecule has 0 aromatic heterocycles. The Morgan fingerprint density at radius 3 is 1.59 bits per heavy atom. The van der Waals surface area contributed by atoms with Gasteiger partial charge in [0.2, 0.25) is 0 Å². The summed E-state index contributed by atoms with van der Waals surface area (Å²) in [4.78, 5) is 2.22. The maximum atomic E-state index is 12.6. The average Bonchev–Trinajstić information content (AvgIpc) is 2.82. The molecule has 0 radical (unpaired) electrons. The van der Waals surface area contributed by atoms with Gasteiger partial charge in [-0.15, -0.1) is 0 Å². The molecule has 0 unspecified atom stereocenters. The molecule has 34 heavy (non-hydrogen) atoms. The smallest absolute Gasteiger partial charge is 0.361 e. The van der Waals surface area contributed by atoms with Crippen molar-refractivity contribution in [3.05, 3.63) is 78.4 Å². The predicted molar refractivity (Wildman–Crippen MR) is 125 cm³/mol. The minimum atomic E-state index is -4.37. The third-order valence-corrected chi connectivity index (χ3v) is 5.28. The largest absolute Gasteiger partial charge is 0.416 e. The van der Waals surface area contributed by atoms with Gasteiger partial charge in [0.15, 0.2) is 0 Å². The minimum Gasteiger partial charge on any atom is -0.361 e. The number of benzene rings is 3. The van der Waals surface area contributed by atoms with E-state index in [0.717, 1.165) is 49.5 Å². The van der Waals surface area contributed by atoms with Gasteiger partial charge in [-0.3, -0.25) is 0 Å². The van der Waals surface area contributed by atoms with E-state index in [1.54, 1.807) is 24.3 Å². The van der Waals surface area contributed by atoms with Crippen molar-refractivity contribution in [3.8, 4) is 0 Å². The van der Waals surface area contributed by atoms with Crippen LogP contribution in [0.2, 0.25) is 0 Å². The van der Waals surface area contributed by atoms with Crippen molar-refractivity contribution < 1.29 is 17.9 Å². The van der Waals surface area contributed by atoms with E-state index in [4.69, 9.17) is 4.74 Å². The molecule has 0 bridgehead atoms. The van der Waals surface area contributed by atoms with Gasteiger partial charge in [-0.05, 0) is 92.1 Å². The van der Waals surface area contributed by atoms with Crippen molar-refractivity contribution in [3.63, 3.8) is 0 Å². The Balaban J connectivity index is 1.34. The molecule has 1 fully saturated rings. The van der Waals surface area contributed by atoms with Gasteiger partial charge >= 0.3 is 6.18 Å². The average molecular weight is 467 g/mol. The lowest BCUT2D eigenvalue weighted by Crippen LogP contribution is -2.29. The summed E-state index contributed by atoms with van der Waals surface area (Å²) < 4.78 is 43.5. The Morgan fingerprint density at radius 2 is 1.09 bits per heavy atom. The van der Waals surface area contributed by atoms with Crippen molar-refractivity contribution in [2.75, 3.05) is 24.8 Å². The van der Waals surface area contributed by atoms with Crippen molar-refractivity contribution in [1.29, 1.82) is 0 Å². The molecule has 3 aromatic rings. The van der Waals surface area contributed by atoms with E-state index in [1.165, 1.54) is 18.6 Å². The van der Waals surface area contributed by atoms with Gasteiger partial charge < -0.3 is 9.64 Å². The molecular weight excluding hydrogens is 443 g/mol. The molecule has 0 spiro atoms. The highest BCUT2D eigenvalue weighted by molar-refractivity contribution is 5.53. The van der Waals surface area contributed by atoms with Crippen LogP contribution < -0.4 is 4.90 Å². The zero-order valence-corrected chi connectivity index (χ0v) is 18.4. The molecule has 3 aromatic carbocycles. The Kier molecular flexibility index (Phi) is 7.64. The third kappa shape index (κ3) is 6.71. The highest BCUT2D eigenvalue weighted by Gasteiger charge is 2.29. The van der Waals surface area contributed by atoms with Gasteiger partial charge in [0.25, 0.3) is 0 Å². The Hall–Kier alpha value is -3.59. The number of azo groups is 2. The highest BCUT2D eigenvalue weighted by atomic mass is 19.4.